The van der Waals surface area contributed by atoms with Crippen LogP contribution in [0.1, 0.15) is 30.8 Å². The van der Waals surface area contributed by atoms with Gasteiger partial charge in [-0.15, -0.1) is 0 Å². The van der Waals surface area contributed by atoms with Crippen LogP contribution in [0.4, 0.5) is 0 Å². The minimum Gasteiger partial charge on any atom is -0.331 e. The molecule has 5 heteroatoms. The van der Waals surface area contributed by atoms with E-state index >= 15 is 0 Å². The molecule has 0 bridgehead atoms. The zero-order valence-corrected chi connectivity index (χ0v) is 10.3. The molecule has 2 heterocycles. The van der Waals surface area contributed by atoms with Gasteiger partial charge in [0.25, 0.3) is 5.91 Å². The van der Waals surface area contributed by atoms with Crippen LogP contribution in [-0.2, 0) is 0 Å². The lowest BCUT2D eigenvalue weighted by molar-refractivity contribution is 0.0571. The van der Waals surface area contributed by atoms with Crippen LogP contribution < -0.4 is 5.32 Å². The van der Waals surface area contributed by atoms with Crippen molar-refractivity contribution < 1.29 is 4.79 Å². The summed E-state index contributed by atoms with van der Waals surface area (Å²) in [6.45, 7) is 6.65. The van der Waals surface area contributed by atoms with Gasteiger partial charge in [0, 0.05) is 25.5 Å². The van der Waals surface area contributed by atoms with E-state index in [1.165, 1.54) is 6.20 Å². The molecule has 0 spiro atoms. The van der Waals surface area contributed by atoms with E-state index < -0.39 is 0 Å². The lowest BCUT2D eigenvalue weighted by atomic mass is 10.0. The normalized spacial score (nSPS) is 19.8. The molecule has 1 aromatic rings. The van der Waals surface area contributed by atoms with Crippen LogP contribution in [0.2, 0.25) is 0 Å². The van der Waals surface area contributed by atoms with Crippen LogP contribution in [0.15, 0.2) is 18.6 Å². The van der Waals surface area contributed by atoms with Gasteiger partial charge in [-0.25, -0.2) is 4.98 Å². The molecule has 1 fully saturated rings. The minimum atomic E-state index is -0.189. The molecule has 1 aliphatic heterocycles. The Morgan fingerprint density at radius 3 is 3.00 bits per heavy atom. The van der Waals surface area contributed by atoms with Gasteiger partial charge >= 0.3 is 0 Å². The highest BCUT2D eigenvalue weighted by Gasteiger charge is 2.33. The Kier molecular flexibility index (Phi) is 3.38. The predicted molar refractivity (Wildman–Crippen MR) is 64.6 cm³/mol. The largest absolute Gasteiger partial charge is 0.331 e. The third-order valence-corrected chi connectivity index (χ3v) is 3.05. The van der Waals surface area contributed by atoms with E-state index in [0.717, 1.165) is 26.1 Å². The standard InChI is InChI=1S/C12H18N4O/c1-12(2)9-14-4-3-7-16(12)11(17)10-8-13-5-6-15-10/h5-6,8,14H,3-4,7,9H2,1-2H3. The number of carbonyl (C=O) groups is 1. The maximum Gasteiger partial charge on any atom is 0.274 e. The van der Waals surface area contributed by atoms with E-state index in [-0.39, 0.29) is 11.4 Å². The molecule has 5 nitrogen and oxygen atoms in total. The van der Waals surface area contributed by atoms with Crippen molar-refractivity contribution in [3.05, 3.63) is 24.3 Å². The zero-order chi connectivity index (χ0) is 12.3. The fourth-order valence-electron chi connectivity index (χ4n) is 2.08. The molecule has 0 unspecified atom stereocenters. The van der Waals surface area contributed by atoms with Gasteiger partial charge in [-0.3, -0.25) is 9.78 Å². The molecule has 0 aromatic carbocycles. The topological polar surface area (TPSA) is 58.1 Å². The SMILES string of the molecule is CC1(C)CNCCCN1C(=O)c1cnccn1. The van der Waals surface area contributed by atoms with Gasteiger partial charge in [0.15, 0.2) is 0 Å². The lowest BCUT2D eigenvalue weighted by Gasteiger charge is -2.36. The summed E-state index contributed by atoms with van der Waals surface area (Å²) in [7, 11) is 0. The summed E-state index contributed by atoms with van der Waals surface area (Å²) >= 11 is 0. The first-order valence-corrected chi connectivity index (χ1v) is 5.90. The van der Waals surface area contributed by atoms with Gasteiger partial charge in [0.05, 0.1) is 11.7 Å². The maximum atomic E-state index is 12.4. The number of hydrogen-bond acceptors (Lipinski definition) is 4. The molecule has 1 aliphatic rings. The highest BCUT2D eigenvalue weighted by molar-refractivity contribution is 5.92. The first-order valence-electron chi connectivity index (χ1n) is 5.90. The third-order valence-electron chi connectivity index (χ3n) is 3.05. The van der Waals surface area contributed by atoms with Crippen molar-refractivity contribution in [1.82, 2.24) is 20.2 Å². The third kappa shape index (κ3) is 2.61. The second-order valence-electron chi connectivity index (χ2n) is 4.89. The second kappa shape index (κ2) is 4.79. The van der Waals surface area contributed by atoms with Crippen molar-refractivity contribution >= 4 is 5.91 Å². The molecule has 0 radical (unpaired) electrons. The smallest absolute Gasteiger partial charge is 0.274 e. The maximum absolute atomic E-state index is 12.4. The quantitative estimate of drug-likeness (QED) is 0.776. The first kappa shape index (κ1) is 12.0. The number of hydrogen-bond donors (Lipinski definition) is 1. The van der Waals surface area contributed by atoms with E-state index in [1.54, 1.807) is 12.4 Å². The molecular formula is C12H18N4O. The van der Waals surface area contributed by atoms with Crippen molar-refractivity contribution in [2.75, 3.05) is 19.6 Å². The van der Waals surface area contributed by atoms with E-state index in [1.807, 2.05) is 4.90 Å². The number of nitrogens with zero attached hydrogens (tertiary/aromatic N) is 3. The summed E-state index contributed by atoms with van der Waals surface area (Å²) in [5.41, 5.74) is 0.230. The average Bonchev–Trinajstić information content (AvgIpc) is 2.50. The van der Waals surface area contributed by atoms with Crippen LogP contribution in [0.25, 0.3) is 0 Å². The molecule has 2 rings (SSSR count). The molecule has 1 N–H and O–H groups in total. The number of rotatable bonds is 1. The summed E-state index contributed by atoms with van der Waals surface area (Å²) in [5.74, 6) is -0.0354. The monoisotopic (exact) mass is 234 g/mol. The lowest BCUT2D eigenvalue weighted by Crippen LogP contribution is -2.51. The summed E-state index contributed by atoms with van der Waals surface area (Å²) in [6, 6.07) is 0. The Morgan fingerprint density at radius 1 is 1.47 bits per heavy atom. The van der Waals surface area contributed by atoms with Gasteiger partial charge in [-0.1, -0.05) is 0 Å². The molecular weight excluding hydrogens is 216 g/mol. The second-order valence-corrected chi connectivity index (χ2v) is 4.89. The van der Waals surface area contributed by atoms with E-state index in [9.17, 15) is 4.79 Å². The Bertz CT molecular complexity index is 391. The summed E-state index contributed by atoms with van der Waals surface area (Å²) < 4.78 is 0. The molecule has 92 valence electrons. The highest BCUT2D eigenvalue weighted by Crippen LogP contribution is 2.18. The Morgan fingerprint density at radius 2 is 2.29 bits per heavy atom. The molecule has 1 amide bonds. The number of nitrogens with one attached hydrogen (secondary N) is 1. The molecule has 1 saturated heterocycles. The number of aromatic nitrogens is 2. The van der Waals surface area contributed by atoms with E-state index in [2.05, 4.69) is 29.1 Å². The van der Waals surface area contributed by atoms with Crippen molar-refractivity contribution in [2.24, 2.45) is 0 Å². The Balaban J connectivity index is 2.23. The van der Waals surface area contributed by atoms with Crippen molar-refractivity contribution in [1.29, 1.82) is 0 Å². The predicted octanol–water partition coefficient (Wildman–Crippen LogP) is 0.691. The molecule has 0 saturated carbocycles. The van der Waals surface area contributed by atoms with Crippen LogP contribution in [0.5, 0.6) is 0 Å². The first-order chi connectivity index (χ1) is 8.11. The fourth-order valence-corrected chi connectivity index (χ4v) is 2.08. The van der Waals surface area contributed by atoms with E-state index in [4.69, 9.17) is 0 Å². The molecule has 17 heavy (non-hydrogen) atoms. The number of carbonyl (C=O) groups excluding carboxylic acids is 1. The molecule has 0 atom stereocenters. The summed E-state index contributed by atoms with van der Waals surface area (Å²) in [6.07, 6.45) is 5.62. The molecule has 1 aromatic heterocycles. The van der Waals surface area contributed by atoms with Gasteiger partial charge in [0.1, 0.15) is 5.69 Å². The Hall–Kier alpha value is -1.49. The van der Waals surface area contributed by atoms with Gasteiger partial charge in [-0.05, 0) is 26.8 Å². The number of amides is 1. The van der Waals surface area contributed by atoms with Crippen LogP contribution >= 0.6 is 0 Å². The Labute approximate surface area is 101 Å². The van der Waals surface area contributed by atoms with Gasteiger partial charge in [-0.2, -0.15) is 0 Å². The van der Waals surface area contributed by atoms with Gasteiger partial charge in [0.2, 0.25) is 0 Å². The van der Waals surface area contributed by atoms with Crippen molar-refractivity contribution in [3.63, 3.8) is 0 Å². The van der Waals surface area contributed by atoms with Crippen LogP contribution in [0.3, 0.4) is 0 Å². The average molecular weight is 234 g/mol. The minimum absolute atomic E-state index is 0.0354. The van der Waals surface area contributed by atoms with E-state index in [0.29, 0.717) is 5.69 Å². The van der Waals surface area contributed by atoms with Crippen LogP contribution in [0, 0.1) is 0 Å². The van der Waals surface area contributed by atoms with Crippen molar-refractivity contribution in [2.45, 2.75) is 25.8 Å². The zero-order valence-electron chi connectivity index (χ0n) is 10.3. The van der Waals surface area contributed by atoms with Crippen molar-refractivity contribution in [3.8, 4) is 0 Å². The summed E-state index contributed by atoms with van der Waals surface area (Å²) in [4.78, 5) is 22.3. The van der Waals surface area contributed by atoms with Gasteiger partial charge < -0.3 is 10.2 Å². The summed E-state index contributed by atoms with van der Waals surface area (Å²) in [5, 5.41) is 3.34. The molecule has 0 aliphatic carbocycles. The van der Waals surface area contributed by atoms with Crippen LogP contribution in [-0.4, -0.2) is 45.9 Å². The fraction of sp³-hybridized carbons (Fsp3) is 0.583. The highest BCUT2D eigenvalue weighted by atomic mass is 16.2.